The molecule has 1 aromatic heterocycles. The van der Waals surface area contributed by atoms with Crippen molar-refractivity contribution in [3.8, 4) is 21.8 Å². The molecule has 3 aromatic carbocycles. The van der Waals surface area contributed by atoms with Crippen molar-refractivity contribution in [1.82, 2.24) is 9.29 Å². The summed E-state index contributed by atoms with van der Waals surface area (Å²) in [4.78, 5) is 5.06. The third-order valence-electron chi connectivity index (χ3n) is 6.32. The van der Waals surface area contributed by atoms with Gasteiger partial charge in [-0.3, -0.25) is 0 Å². The van der Waals surface area contributed by atoms with Crippen LogP contribution in [0.1, 0.15) is 18.4 Å². The van der Waals surface area contributed by atoms with Crippen molar-refractivity contribution in [1.29, 1.82) is 0 Å². The number of aromatic nitrogens is 1. The molecule has 1 aliphatic rings. The highest BCUT2D eigenvalue weighted by Gasteiger charge is 2.29. The number of benzene rings is 3. The van der Waals surface area contributed by atoms with E-state index in [1.807, 2.05) is 47.8 Å². The molecule has 0 spiro atoms. The molecule has 1 aliphatic heterocycles. The molecule has 0 atom stereocenters. The van der Waals surface area contributed by atoms with Crippen molar-refractivity contribution in [3.63, 3.8) is 0 Å². The molecule has 174 valence electrons. The van der Waals surface area contributed by atoms with Gasteiger partial charge in [-0.2, -0.15) is 4.31 Å². The molecule has 7 heteroatoms. The Morgan fingerprint density at radius 2 is 1.53 bits per heavy atom. The van der Waals surface area contributed by atoms with Gasteiger partial charge in [0.15, 0.2) is 0 Å². The van der Waals surface area contributed by atoms with Crippen molar-refractivity contribution in [3.05, 3.63) is 94.8 Å². The second-order valence-corrected chi connectivity index (χ2v) is 11.8. The molecule has 5 rings (SSSR count). The van der Waals surface area contributed by atoms with E-state index in [-0.39, 0.29) is 0 Å². The number of halogens is 1. The van der Waals surface area contributed by atoms with E-state index < -0.39 is 10.0 Å². The number of hydrogen-bond donors (Lipinski definition) is 0. The molecule has 4 aromatic rings. The molecule has 4 nitrogen and oxygen atoms in total. The normalized spacial score (nSPS) is 15.4. The van der Waals surface area contributed by atoms with Crippen molar-refractivity contribution >= 4 is 33.0 Å². The van der Waals surface area contributed by atoms with Crippen LogP contribution in [0.3, 0.4) is 0 Å². The van der Waals surface area contributed by atoms with Crippen LogP contribution in [0.15, 0.2) is 89.1 Å². The van der Waals surface area contributed by atoms with Crippen molar-refractivity contribution in [2.24, 2.45) is 5.92 Å². The lowest BCUT2D eigenvalue weighted by Gasteiger charge is -2.31. The molecule has 0 N–H and O–H groups in total. The first-order valence-electron chi connectivity index (χ1n) is 11.3. The molecule has 0 aliphatic carbocycles. The van der Waals surface area contributed by atoms with Gasteiger partial charge in [-0.25, -0.2) is 13.4 Å². The Morgan fingerprint density at radius 1 is 0.882 bits per heavy atom. The number of nitrogens with zero attached hydrogens (tertiary/aromatic N) is 2. The molecule has 0 saturated carbocycles. The van der Waals surface area contributed by atoms with Gasteiger partial charge in [0.25, 0.3) is 0 Å². The Hall–Kier alpha value is -2.51. The SMILES string of the molecule is O=S(=O)(c1ccc(-c2csc(-c3ccc(Cl)cc3)n2)cc1)N1CCC(Cc2ccccc2)CC1. The Kier molecular flexibility index (Phi) is 6.84. The molecule has 2 heterocycles. The highest BCUT2D eigenvalue weighted by Crippen LogP contribution is 2.31. The standard InChI is InChI=1S/C27H25ClN2O2S2/c28-24-10-6-23(7-11-24)27-29-26(19-33-27)22-8-12-25(13-9-22)34(31,32)30-16-14-21(15-17-30)18-20-4-2-1-3-5-20/h1-13,19,21H,14-18H2. The maximum absolute atomic E-state index is 13.2. The first-order chi connectivity index (χ1) is 16.5. The van der Waals surface area contributed by atoms with E-state index in [0.29, 0.717) is 28.9 Å². The number of sulfonamides is 1. The van der Waals surface area contributed by atoms with Crippen LogP contribution in [0.25, 0.3) is 21.8 Å². The summed E-state index contributed by atoms with van der Waals surface area (Å²) < 4.78 is 28.1. The van der Waals surface area contributed by atoms with Gasteiger partial charge in [-0.05, 0) is 55.0 Å². The lowest BCUT2D eigenvalue weighted by molar-refractivity contribution is 0.273. The monoisotopic (exact) mass is 508 g/mol. The molecule has 0 unspecified atom stereocenters. The van der Waals surface area contributed by atoms with Crippen LogP contribution in [-0.4, -0.2) is 30.8 Å². The van der Waals surface area contributed by atoms with Crippen LogP contribution >= 0.6 is 22.9 Å². The van der Waals surface area contributed by atoms with Crippen LogP contribution in [0, 0.1) is 5.92 Å². The zero-order valence-electron chi connectivity index (χ0n) is 18.6. The van der Waals surface area contributed by atoms with E-state index in [1.54, 1.807) is 27.8 Å². The van der Waals surface area contributed by atoms with Gasteiger partial charge in [-0.15, -0.1) is 11.3 Å². The Morgan fingerprint density at radius 3 is 2.21 bits per heavy atom. The first-order valence-corrected chi connectivity index (χ1v) is 14.0. The molecule has 0 radical (unpaired) electrons. The fraction of sp³-hybridized carbons (Fsp3) is 0.222. The highest BCUT2D eigenvalue weighted by atomic mass is 35.5. The molecule has 34 heavy (non-hydrogen) atoms. The minimum atomic E-state index is -3.50. The number of piperidine rings is 1. The lowest BCUT2D eigenvalue weighted by Crippen LogP contribution is -2.38. The van der Waals surface area contributed by atoms with E-state index >= 15 is 0 Å². The van der Waals surface area contributed by atoms with Gasteiger partial charge in [0.2, 0.25) is 10.0 Å². The summed E-state index contributed by atoms with van der Waals surface area (Å²) in [7, 11) is -3.50. The van der Waals surface area contributed by atoms with Crippen LogP contribution in [0.4, 0.5) is 0 Å². The quantitative estimate of drug-likeness (QED) is 0.288. The number of thiazole rings is 1. The van der Waals surface area contributed by atoms with Gasteiger partial charge in [-0.1, -0.05) is 66.2 Å². The van der Waals surface area contributed by atoms with Gasteiger partial charge in [0, 0.05) is 34.6 Å². The molecule has 1 fully saturated rings. The minimum Gasteiger partial charge on any atom is -0.236 e. The van der Waals surface area contributed by atoms with Crippen molar-refractivity contribution in [2.45, 2.75) is 24.2 Å². The molecule has 0 amide bonds. The first kappa shape index (κ1) is 23.2. The third-order valence-corrected chi connectivity index (χ3v) is 9.38. The predicted molar refractivity (Wildman–Crippen MR) is 140 cm³/mol. The van der Waals surface area contributed by atoms with Crippen LogP contribution in [-0.2, 0) is 16.4 Å². The maximum Gasteiger partial charge on any atom is 0.243 e. The van der Waals surface area contributed by atoms with E-state index in [2.05, 4.69) is 24.3 Å². The third kappa shape index (κ3) is 5.10. The summed E-state index contributed by atoms with van der Waals surface area (Å²) in [5, 5.41) is 3.59. The number of rotatable bonds is 6. The van der Waals surface area contributed by atoms with Crippen LogP contribution in [0.5, 0.6) is 0 Å². The summed E-state index contributed by atoms with van der Waals surface area (Å²) in [6.07, 6.45) is 2.78. The van der Waals surface area contributed by atoms with Crippen molar-refractivity contribution in [2.75, 3.05) is 13.1 Å². The van der Waals surface area contributed by atoms with E-state index in [9.17, 15) is 8.42 Å². The van der Waals surface area contributed by atoms with Crippen LogP contribution in [0.2, 0.25) is 5.02 Å². The number of hydrogen-bond acceptors (Lipinski definition) is 4. The fourth-order valence-electron chi connectivity index (χ4n) is 4.38. The van der Waals surface area contributed by atoms with Crippen molar-refractivity contribution < 1.29 is 8.42 Å². The molecule has 1 saturated heterocycles. The Bertz CT molecular complexity index is 1340. The fourth-order valence-corrected chi connectivity index (χ4v) is 6.81. The summed E-state index contributed by atoms with van der Waals surface area (Å²) >= 11 is 7.53. The van der Waals surface area contributed by atoms with E-state index in [1.165, 1.54) is 5.56 Å². The molecular weight excluding hydrogens is 484 g/mol. The Labute approximate surface area is 209 Å². The van der Waals surface area contributed by atoms with Crippen LogP contribution < -0.4 is 0 Å². The maximum atomic E-state index is 13.2. The van der Waals surface area contributed by atoms with E-state index in [0.717, 1.165) is 41.1 Å². The average molecular weight is 509 g/mol. The summed E-state index contributed by atoms with van der Waals surface area (Å²) in [6, 6.07) is 25.1. The second kappa shape index (κ2) is 10.0. The summed E-state index contributed by atoms with van der Waals surface area (Å²) in [5.41, 5.74) is 4.06. The summed E-state index contributed by atoms with van der Waals surface area (Å²) in [6.45, 7) is 1.14. The second-order valence-electron chi connectivity index (χ2n) is 8.61. The van der Waals surface area contributed by atoms with Gasteiger partial charge < -0.3 is 0 Å². The summed E-state index contributed by atoms with van der Waals surface area (Å²) in [5.74, 6) is 0.524. The van der Waals surface area contributed by atoms with Gasteiger partial charge in [0.1, 0.15) is 5.01 Å². The van der Waals surface area contributed by atoms with Gasteiger partial charge in [0.05, 0.1) is 10.6 Å². The van der Waals surface area contributed by atoms with E-state index in [4.69, 9.17) is 16.6 Å². The smallest absolute Gasteiger partial charge is 0.236 e. The predicted octanol–water partition coefficient (Wildman–Crippen LogP) is 6.77. The van der Waals surface area contributed by atoms with Gasteiger partial charge >= 0.3 is 0 Å². The molecular formula is C27H25ClN2O2S2. The topological polar surface area (TPSA) is 50.3 Å². The average Bonchev–Trinajstić information content (AvgIpc) is 3.36. The zero-order chi connectivity index (χ0) is 23.5. The minimum absolute atomic E-state index is 0.339. The lowest BCUT2D eigenvalue weighted by atomic mass is 9.91. The molecule has 0 bridgehead atoms. The zero-order valence-corrected chi connectivity index (χ0v) is 21.0. The largest absolute Gasteiger partial charge is 0.243 e. The highest BCUT2D eigenvalue weighted by molar-refractivity contribution is 7.89. The Balaban J connectivity index is 1.25.